The van der Waals surface area contributed by atoms with Gasteiger partial charge >= 0.3 is 11.9 Å². The second-order valence-electron chi connectivity index (χ2n) is 2.25. The van der Waals surface area contributed by atoms with Crippen LogP contribution in [0.25, 0.3) is 0 Å². The average Bonchev–Trinajstić information content (AvgIpc) is 1.96. The molecular formula is C6H10N2O5. The van der Waals surface area contributed by atoms with Crippen LogP contribution in [-0.4, -0.2) is 40.8 Å². The molecule has 0 heterocycles. The van der Waals surface area contributed by atoms with Crippen LogP contribution >= 0.6 is 0 Å². The molecule has 13 heavy (non-hydrogen) atoms. The number of rotatable bonds is 5. The third-order valence-electron chi connectivity index (χ3n) is 1.05. The Balaban J connectivity index is 4.02. The first-order valence-corrected chi connectivity index (χ1v) is 3.38. The summed E-state index contributed by atoms with van der Waals surface area (Å²) in [6, 6.07) is 0. The smallest absolute Gasteiger partial charge is 0.341 e. The summed E-state index contributed by atoms with van der Waals surface area (Å²) in [5.74, 6) is -3.08. The summed E-state index contributed by atoms with van der Waals surface area (Å²) in [5.41, 5.74) is 0. The van der Waals surface area contributed by atoms with E-state index < -0.39 is 30.6 Å². The van der Waals surface area contributed by atoms with E-state index in [1.807, 2.05) is 5.32 Å². The largest absolute Gasteiger partial charge is 0.480 e. The molecule has 0 saturated carbocycles. The fraction of sp³-hybridized carbons (Fsp3) is 0.500. The van der Waals surface area contributed by atoms with Crippen LogP contribution in [0.1, 0.15) is 6.92 Å². The second-order valence-corrected chi connectivity index (χ2v) is 2.25. The standard InChI is InChI=1S/C6H10N2O5/c1-3(9)8-5(6(12)13)7-2-4(10)11/h5,7H,2H2,1H3,(H,8,9)(H,10,11)(H,12,13). The molecule has 0 bridgehead atoms. The van der Waals surface area contributed by atoms with Crippen LogP contribution in [0.15, 0.2) is 0 Å². The number of carboxylic acids is 2. The molecular weight excluding hydrogens is 180 g/mol. The highest BCUT2D eigenvalue weighted by atomic mass is 16.4. The fourth-order valence-corrected chi connectivity index (χ4v) is 0.593. The lowest BCUT2D eigenvalue weighted by Gasteiger charge is -2.12. The maximum Gasteiger partial charge on any atom is 0.341 e. The number of nitrogens with one attached hydrogen (secondary N) is 2. The zero-order chi connectivity index (χ0) is 10.4. The molecule has 1 unspecified atom stereocenters. The van der Waals surface area contributed by atoms with Crippen molar-refractivity contribution in [1.29, 1.82) is 0 Å². The molecule has 0 saturated heterocycles. The van der Waals surface area contributed by atoms with Gasteiger partial charge in [0.25, 0.3) is 0 Å². The molecule has 0 fully saturated rings. The van der Waals surface area contributed by atoms with Crippen molar-refractivity contribution in [3.8, 4) is 0 Å². The number of hydrogen-bond donors (Lipinski definition) is 4. The summed E-state index contributed by atoms with van der Waals surface area (Å²) in [7, 11) is 0. The van der Waals surface area contributed by atoms with Gasteiger partial charge in [-0.15, -0.1) is 0 Å². The summed E-state index contributed by atoms with van der Waals surface area (Å²) in [4.78, 5) is 30.9. The minimum absolute atomic E-state index is 0.531. The van der Waals surface area contributed by atoms with Crippen LogP contribution in [0, 0.1) is 0 Å². The van der Waals surface area contributed by atoms with Crippen LogP contribution in [0.4, 0.5) is 0 Å². The van der Waals surface area contributed by atoms with Crippen LogP contribution in [0.5, 0.6) is 0 Å². The molecule has 0 aliphatic carbocycles. The maximum absolute atomic E-state index is 10.4. The van der Waals surface area contributed by atoms with E-state index in [0.29, 0.717) is 0 Å². The first kappa shape index (κ1) is 11.4. The molecule has 1 atom stereocenters. The lowest BCUT2D eigenvalue weighted by Crippen LogP contribution is -2.51. The first-order chi connectivity index (χ1) is 5.93. The summed E-state index contributed by atoms with van der Waals surface area (Å²) >= 11 is 0. The SMILES string of the molecule is CC(=O)NC(NCC(=O)O)C(=O)O. The third kappa shape index (κ3) is 5.62. The Bertz CT molecular complexity index is 227. The van der Waals surface area contributed by atoms with E-state index in [1.165, 1.54) is 0 Å². The molecule has 0 radical (unpaired) electrons. The second kappa shape index (κ2) is 5.09. The van der Waals surface area contributed by atoms with Gasteiger partial charge in [0.2, 0.25) is 5.91 Å². The lowest BCUT2D eigenvalue weighted by atomic mass is 10.4. The highest BCUT2D eigenvalue weighted by Crippen LogP contribution is 1.78. The van der Waals surface area contributed by atoms with Crippen LogP contribution < -0.4 is 10.6 Å². The van der Waals surface area contributed by atoms with E-state index in [1.54, 1.807) is 0 Å². The van der Waals surface area contributed by atoms with Crippen molar-refractivity contribution in [2.24, 2.45) is 0 Å². The number of carbonyl (C=O) groups is 3. The van der Waals surface area contributed by atoms with Gasteiger partial charge in [0, 0.05) is 6.92 Å². The van der Waals surface area contributed by atoms with Crippen molar-refractivity contribution in [3.63, 3.8) is 0 Å². The van der Waals surface area contributed by atoms with Gasteiger partial charge in [0.1, 0.15) is 0 Å². The van der Waals surface area contributed by atoms with E-state index in [9.17, 15) is 14.4 Å². The number of hydrogen-bond acceptors (Lipinski definition) is 4. The number of aliphatic carboxylic acids is 2. The molecule has 7 nitrogen and oxygen atoms in total. The molecule has 74 valence electrons. The van der Waals surface area contributed by atoms with Gasteiger partial charge in [-0.3, -0.25) is 14.9 Å². The zero-order valence-electron chi connectivity index (χ0n) is 6.90. The van der Waals surface area contributed by atoms with Gasteiger partial charge in [0.05, 0.1) is 6.54 Å². The minimum Gasteiger partial charge on any atom is -0.480 e. The summed E-state index contributed by atoms with van der Waals surface area (Å²) in [6.45, 7) is 0.607. The molecule has 0 rings (SSSR count). The Morgan fingerprint density at radius 1 is 1.31 bits per heavy atom. The maximum atomic E-state index is 10.4. The highest BCUT2D eigenvalue weighted by Gasteiger charge is 2.17. The summed E-state index contributed by atoms with van der Waals surface area (Å²) in [5, 5.41) is 20.8. The fourth-order valence-electron chi connectivity index (χ4n) is 0.593. The number of carboxylic acid groups (broad SMARTS) is 2. The molecule has 0 aromatic carbocycles. The number of carbonyl (C=O) groups excluding carboxylic acids is 1. The van der Waals surface area contributed by atoms with E-state index in [4.69, 9.17) is 10.2 Å². The van der Waals surface area contributed by atoms with Crippen LogP contribution in [0.2, 0.25) is 0 Å². The van der Waals surface area contributed by atoms with Crippen molar-refractivity contribution in [2.75, 3.05) is 6.54 Å². The Hall–Kier alpha value is -1.63. The Labute approximate surface area is 73.7 Å². The lowest BCUT2D eigenvalue weighted by molar-refractivity contribution is -0.143. The minimum atomic E-state index is -1.37. The number of amides is 1. The molecule has 0 aliphatic heterocycles. The molecule has 1 amide bonds. The molecule has 0 aliphatic rings. The van der Waals surface area contributed by atoms with Crippen molar-refractivity contribution in [2.45, 2.75) is 13.1 Å². The van der Waals surface area contributed by atoms with Gasteiger partial charge < -0.3 is 15.5 Å². The average molecular weight is 190 g/mol. The predicted octanol–water partition coefficient (Wildman–Crippen LogP) is -1.79. The molecule has 0 aromatic heterocycles. The van der Waals surface area contributed by atoms with Gasteiger partial charge in [-0.1, -0.05) is 0 Å². The van der Waals surface area contributed by atoms with E-state index in [2.05, 4.69) is 5.32 Å². The third-order valence-corrected chi connectivity index (χ3v) is 1.05. The van der Waals surface area contributed by atoms with E-state index in [0.717, 1.165) is 6.92 Å². The quantitative estimate of drug-likeness (QED) is 0.380. The molecule has 0 spiro atoms. The monoisotopic (exact) mass is 190 g/mol. The topological polar surface area (TPSA) is 116 Å². The van der Waals surface area contributed by atoms with E-state index in [-0.39, 0.29) is 0 Å². The predicted molar refractivity (Wildman–Crippen MR) is 40.9 cm³/mol. The highest BCUT2D eigenvalue weighted by molar-refractivity contribution is 5.82. The molecule has 4 N–H and O–H groups in total. The van der Waals surface area contributed by atoms with Crippen molar-refractivity contribution in [1.82, 2.24) is 10.6 Å². The Kier molecular flexibility index (Phi) is 4.45. The normalized spacial score (nSPS) is 11.8. The van der Waals surface area contributed by atoms with Gasteiger partial charge in [-0.2, -0.15) is 0 Å². The van der Waals surface area contributed by atoms with Crippen LogP contribution in [-0.2, 0) is 14.4 Å². The molecule has 0 aromatic rings. The van der Waals surface area contributed by atoms with Crippen molar-refractivity contribution < 1.29 is 24.6 Å². The van der Waals surface area contributed by atoms with E-state index >= 15 is 0 Å². The first-order valence-electron chi connectivity index (χ1n) is 3.38. The van der Waals surface area contributed by atoms with Crippen LogP contribution in [0.3, 0.4) is 0 Å². The Morgan fingerprint density at radius 2 is 1.85 bits per heavy atom. The van der Waals surface area contributed by atoms with Crippen molar-refractivity contribution >= 4 is 17.8 Å². The van der Waals surface area contributed by atoms with Gasteiger partial charge in [-0.05, 0) is 0 Å². The Morgan fingerprint density at radius 3 is 2.15 bits per heavy atom. The summed E-state index contributed by atoms with van der Waals surface area (Å²) < 4.78 is 0. The van der Waals surface area contributed by atoms with Gasteiger partial charge in [-0.25, -0.2) is 4.79 Å². The molecule has 7 heteroatoms. The van der Waals surface area contributed by atoms with Crippen molar-refractivity contribution in [3.05, 3.63) is 0 Å². The van der Waals surface area contributed by atoms with Gasteiger partial charge in [0.15, 0.2) is 6.17 Å². The zero-order valence-corrected chi connectivity index (χ0v) is 6.90. The summed E-state index contributed by atoms with van der Waals surface area (Å²) in [6.07, 6.45) is -1.37.